The number of hydrogen-bond acceptors (Lipinski definition) is 4. The number of ether oxygens (including phenoxy) is 1. The molecular formula is C14H17N3O. The minimum absolute atomic E-state index is 0.537. The van der Waals surface area contributed by atoms with Crippen molar-refractivity contribution in [2.45, 2.75) is 13.3 Å². The molecule has 4 heteroatoms. The normalized spacial score (nSPS) is 10.6. The summed E-state index contributed by atoms with van der Waals surface area (Å²) in [6.45, 7) is 2.54. The van der Waals surface area contributed by atoms with Crippen LogP contribution in [0, 0.1) is 6.92 Å². The van der Waals surface area contributed by atoms with Gasteiger partial charge >= 0.3 is 0 Å². The highest BCUT2D eigenvalue weighted by Crippen LogP contribution is 2.24. The van der Waals surface area contributed by atoms with Crippen LogP contribution in [0.4, 0.5) is 5.82 Å². The lowest BCUT2D eigenvalue weighted by Crippen LogP contribution is -2.07. The van der Waals surface area contributed by atoms with E-state index in [9.17, 15) is 0 Å². The van der Waals surface area contributed by atoms with Crippen LogP contribution >= 0.6 is 0 Å². The molecule has 0 atom stereocenters. The van der Waals surface area contributed by atoms with E-state index in [0.717, 1.165) is 22.6 Å². The van der Waals surface area contributed by atoms with E-state index in [1.165, 1.54) is 0 Å². The molecule has 0 spiro atoms. The van der Waals surface area contributed by atoms with Gasteiger partial charge in [-0.15, -0.1) is 0 Å². The zero-order valence-corrected chi connectivity index (χ0v) is 10.7. The second-order valence-electron chi connectivity index (χ2n) is 4.11. The Kier molecular flexibility index (Phi) is 3.89. The van der Waals surface area contributed by atoms with E-state index in [4.69, 9.17) is 10.5 Å². The van der Waals surface area contributed by atoms with Gasteiger partial charge in [-0.3, -0.25) is 0 Å². The van der Waals surface area contributed by atoms with Crippen LogP contribution in [-0.4, -0.2) is 23.7 Å². The molecule has 1 aromatic heterocycles. The minimum Gasteiger partial charge on any atom is -0.384 e. The summed E-state index contributed by atoms with van der Waals surface area (Å²) in [6.07, 6.45) is 0.667. The number of nitrogens with zero attached hydrogens (tertiary/aromatic N) is 2. The Labute approximate surface area is 107 Å². The van der Waals surface area contributed by atoms with Gasteiger partial charge in [0.1, 0.15) is 11.6 Å². The minimum atomic E-state index is 0.537. The molecule has 0 aliphatic carbocycles. The first-order chi connectivity index (χ1) is 8.72. The summed E-state index contributed by atoms with van der Waals surface area (Å²) in [4.78, 5) is 8.85. The smallest absolute Gasteiger partial charge is 0.133 e. The Bertz CT molecular complexity index is 526. The average molecular weight is 243 g/mol. The summed E-state index contributed by atoms with van der Waals surface area (Å²) in [7, 11) is 1.66. The fraction of sp³-hybridized carbons (Fsp3) is 0.286. The highest BCUT2D eigenvalue weighted by molar-refractivity contribution is 5.67. The van der Waals surface area contributed by atoms with Crippen LogP contribution in [-0.2, 0) is 11.2 Å². The number of aromatic nitrogens is 2. The molecule has 2 aromatic rings. The van der Waals surface area contributed by atoms with Crippen LogP contribution in [0.2, 0.25) is 0 Å². The summed E-state index contributed by atoms with van der Waals surface area (Å²) in [5.41, 5.74) is 8.81. The Morgan fingerprint density at radius 2 is 1.89 bits per heavy atom. The molecule has 1 aromatic carbocycles. The van der Waals surface area contributed by atoms with E-state index < -0.39 is 0 Å². The van der Waals surface area contributed by atoms with Crippen molar-refractivity contribution in [2.24, 2.45) is 0 Å². The second kappa shape index (κ2) is 5.60. The molecular weight excluding hydrogens is 226 g/mol. The summed E-state index contributed by atoms with van der Waals surface area (Å²) < 4.78 is 5.04. The Morgan fingerprint density at radius 3 is 2.56 bits per heavy atom. The maximum Gasteiger partial charge on any atom is 0.133 e. The van der Waals surface area contributed by atoms with Gasteiger partial charge in [-0.25, -0.2) is 9.97 Å². The van der Waals surface area contributed by atoms with Crippen LogP contribution in [0.3, 0.4) is 0 Å². The largest absolute Gasteiger partial charge is 0.384 e. The zero-order valence-electron chi connectivity index (χ0n) is 10.7. The van der Waals surface area contributed by atoms with Gasteiger partial charge < -0.3 is 10.5 Å². The molecule has 0 fully saturated rings. The summed E-state index contributed by atoms with van der Waals surface area (Å²) >= 11 is 0. The molecule has 2 N–H and O–H groups in total. The monoisotopic (exact) mass is 243 g/mol. The third kappa shape index (κ3) is 2.65. The van der Waals surface area contributed by atoms with E-state index >= 15 is 0 Å². The van der Waals surface area contributed by atoms with E-state index in [-0.39, 0.29) is 0 Å². The lowest BCUT2D eigenvalue weighted by atomic mass is 10.1. The third-order valence-corrected chi connectivity index (χ3v) is 2.81. The number of benzene rings is 1. The maximum absolute atomic E-state index is 5.94. The molecule has 0 saturated heterocycles. The lowest BCUT2D eigenvalue weighted by molar-refractivity contribution is 0.200. The van der Waals surface area contributed by atoms with E-state index in [1.54, 1.807) is 7.11 Å². The first-order valence-corrected chi connectivity index (χ1v) is 5.89. The van der Waals surface area contributed by atoms with Crippen molar-refractivity contribution in [1.82, 2.24) is 9.97 Å². The molecule has 18 heavy (non-hydrogen) atoms. The standard InChI is InChI=1S/C14H17N3O/c1-10-13(11-6-4-3-5-7-11)16-12(8-9-18-2)17-14(10)15/h3-7H,8-9H2,1-2H3,(H2,15,16,17). The van der Waals surface area contributed by atoms with Gasteiger partial charge in [0, 0.05) is 24.7 Å². The van der Waals surface area contributed by atoms with Crippen LogP contribution in [0.15, 0.2) is 30.3 Å². The number of nitrogens with two attached hydrogens (primary N) is 1. The van der Waals surface area contributed by atoms with Crippen LogP contribution in [0.1, 0.15) is 11.4 Å². The second-order valence-corrected chi connectivity index (χ2v) is 4.11. The van der Waals surface area contributed by atoms with Crippen LogP contribution in [0.25, 0.3) is 11.3 Å². The summed E-state index contributed by atoms with van der Waals surface area (Å²) in [5, 5.41) is 0. The molecule has 0 amide bonds. The van der Waals surface area contributed by atoms with Gasteiger partial charge in [0.25, 0.3) is 0 Å². The number of methoxy groups -OCH3 is 1. The van der Waals surface area contributed by atoms with Crippen molar-refractivity contribution in [3.05, 3.63) is 41.7 Å². The van der Waals surface area contributed by atoms with Crippen molar-refractivity contribution in [2.75, 3.05) is 19.5 Å². The highest BCUT2D eigenvalue weighted by Gasteiger charge is 2.10. The number of nitrogen functional groups attached to an aromatic ring is 1. The molecule has 0 unspecified atom stereocenters. The van der Waals surface area contributed by atoms with Crippen molar-refractivity contribution < 1.29 is 4.74 Å². The predicted octanol–water partition coefficient (Wildman–Crippen LogP) is 2.22. The zero-order chi connectivity index (χ0) is 13.0. The average Bonchev–Trinajstić information content (AvgIpc) is 2.41. The van der Waals surface area contributed by atoms with Crippen molar-refractivity contribution in [3.63, 3.8) is 0 Å². The first-order valence-electron chi connectivity index (χ1n) is 5.89. The predicted molar refractivity (Wildman–Crippen MR) is 72.2 cm³/mol. The third-order valence-electron chi connectivity index (χ3n) is 2.81. The fourth-order valence-electron chi connectivity index (χ4n) is 1.76. The molecule has 4 nitrogen and oxygen atoms in total. The molecule has 0 aliphatic rings. The molecule has 0 aliphatic heterocycles. The van der Waals surface area contributed by atoms with Crippen molar-refractivity contribution >= 4 is 5.82 Å². The number of rotatable bonds is 4. The van der Waals surface area contributed by atoms with Crippen molar-refractivity contribution in [3.8, 4) is 11.3 Å². The molecule has 2 rings (SSSR count). The van der Waals surface area contributed by atoms with E-state index in [1.807, 2.05) is 37.3 Å². The van der Waals surface area contributed by atoms with Gasteiger partial charge in [0.15, 0.2) is 0 Å². The summed E-state index contributed by atoms with van der Waals surface area (Å²) in [6, 6.07) is 10.0. The van der Waals surface area contributed by atoms with Gasteiger partial charge in [-0.2, -0.15) is 0 Å². The SMILES string of the molecule is COCCc1nc(N)c(C)c(-c2ccccc2)n1. The van der Waals surface area contributed by atoms with Gasteiger partial charge in [0.05, 0.1) is 12.3 Å². The highest BCUT2D eigenvalue weighted by atomic mass is 16.5. The molecule has 94 valence electrons. The lowest BCUT2D eigenvalue weighted by Gasteiger charge is -2.10. The molecule has 0 saturated carbocycles. The maximum atomic E-state index is 5.94. The van der Waals surface area contributed by atoms with E-state index in [2.05, 4.69) is 9.97 Å². The fourth-order valence-corrected chi connectivity index (χ4v) is 1.76. The Morgan fingerprint density at radius 1 is 1.17 bits per heavy atom. The number of anilines is 1. The quantitative estimate of drug-likeness (QED) is 0.894. The topological polar surface area (TPSA) is 61.0 Å². The molecule has 0 bridgehead atoms. The van der Waals surface area contributed by atoms with Crippen molar-refractivity contribution in [1.29, 1.82) is 0 Å². The van der Waals surface area contributed by atoms with E-state index in [0.29, 0.717) is 18.8 Å². The Balaban J connectivity index is 2.43. The number of hydrogen-bond donors (Lipinski definition) is 1. The molecule has 1 heterocycles. The first kappa shape index (κ1) is 12.5. The van der Waals surface area contributed by atoms with Gasteiger partial charge in [0.2, 0.25) is 0 Å². The van der Waals surface area contributed by atoms with Crippen LogP contribution in [0.5, 0.6) is 0 Å². The Hall–Kier alpha value is -1.94. The van der Waals surface area contributed by atoms with Crippen LogP contribution < -0.4 is 5.73 Å². The van der Waals surface area contributed by atoms with Gasteiger partial charge in [-0.1, -0.05) is 30.3 Å². The molecule has 0 radical (unpaired) electrons. The summed E-state index contributed by atoms with van der Waals surface area (Å²) in [5.74, 6) is 1.26. The van der Waals surface area contributed by atoms with Gasteiger partial charge in [-0.05, 0) is 6.92 Å².